The van der Waals surface area contributed by atoms with E-state index >= 15 is 0 Å². The number of nitrogens with zero attached hydrogens (tertiary/aromatic N) is 3. The van der Waals surface area contributed by atoms with Gasteiger partial charge in [0.05, 0.1) is 0 Å². The van der Waals surface area contributed by atoms with Crippen LogP contribution in [-0.2, 0) is 4.79 Å². The molecule has 166 valence electrons. The van der Waals surface area contributed by atoms with Crippen LogP contribution in [0.5, 0.6) is 0 Å². The van der Waals surface area contributed by atoms with Crippen LogP contribution in [0.4, 0.5) is 5.82 Å². The smallest absolute Gasteiger partial charge is 0.223 e. The fourth-order valence-electron chi connectivity index (χ4n) is 4.79. The zero-order valence-corrected chi connectivity index (χ0v) is 19.4. The molecule has 1 amide bonds. The molecule has 2 aliphatic rings. The highest BCUT2D eigenvalue weighted by molar-refractivity contribution is 5.85. The third-order valence-corrected chi connectivity index (χ3v) is 6.67. The maximum atomic E-state index is 13.0. The molecule has 2 heterocycles. The Morgan fingerprint density at radius 1 is 1.21 bits per heavy atom. The van der Waals surface area contributed by atoms with Gasteiger partial charge >= 0.3 is 0 Å². The second-order valence-electron chi connectivity index (χ2n) is 8.49. The van der Waals surface area contributed by atoms with Crippen LogP contribution in [0.15, 0.2) is 24.4 Å². The van der Waals surface area contributed by atoms with Crippen molar-refractivity contribution in [2.45, 2.75) is 58.3 Å². The van der Waals surface area contributed by atoms with Gasteiger partial charge in [-0.2, -0.15) is 0 Å². The van der Waals surface area contributed by atoms with E-state index in [1.165, 1.54) is 19.3 Å². The lowest BCUT2D eigenvalue weighted by Crippen LogP contribution is -2.44. The Morgan fingerprint density at radius 3 is 2.45 bits per heavy atom. The van der Waals surface area contributed by atoms with E-state index in [4.69, 9.17) is 5.73 Å². The van der Waals surface area contributed by atoms with E-state index in [0.717, 1.165) is 57.7 Å². The molecule has 0 unspecified atom stereocenters. The Bertz CT molecular complexity index is 588. The summed E-state index contributed by atoms with van der Waals surface area (Å²) in [5, 5.41) is 0. The summed E-state index contributed by atoms with van der Waals surface area (Å²) in [6.07, 6.45) is 10.7. The largest absolute Gasteiger partial charge is 0.357 e. The first-order valence-corrected chi connectivity index (χ1v) is 10.8. The molecule has 7 heteroatoms. The van der Waals surface area contributed by atoms with Gasteiger partial charge in [-0.05, 0) is 62.6 Å². The second-order valence-corrected chi connectivity index (χ2v) is 8.49. The van der Waals surface area contributed by atoms with E-state index in [1.54, 1.807) is 0 Å². The highest BCUT2D eigenvalue weighted by Gasteiger charge is 2.34. The summed E-state index contributed by atoms with van der Waals surface area (Å²) >= 11 is 0. The summed E-state index contributed by atoms with van der Waals surface area (Å²) in [4.78, 5) is 21.9. The fraction of sp³-hybridized carbons (Fsp3) is 0.727. The SMILES string of the molecule is CCN(CC1CCN(c2ccccn2)CC1)C(=O)CC1(CN)CCCCC1.Cl.Cl. The van der Waals surface area contributed by atoms with Crippen LogP contribution in [-0.4, -0.2) is 48.5 Å². The molecule has 1 aliphatic heterocycles. The normalized spacial score (nSPS) is 19.0. The number of hydrogen-bond donors (Lipinski definition) is 1. The monoisotopic (exact) mass is 444 g/mol. The zero-order valence-electron chi connectivity index (χ0n) is 17.7. The summed E-state index contributed by atoms with van der Waals surface area (Å²) in [6.45, 7) is 6.52. The number of anilines is 1. The fourth-order valence-corrected chi connectivity index (χ4v) is 4.79. The number of pyridine rings is 1. The first-order chi connectivity index (χ1) is 13.2. The van der Waals surface area contributed by atoms with Crippen molar-refractivity contribution in [3.8, 4) is 0 Å². The standard InChI is InChI=1S/C22H36N4O.2ClH/c1-2-25(21(27)16-22(18-23)11-5-3-6-12-22)17-19-9-14-26(15-10-19)20-8-4-7-13-24-20;;/h4,7-8,13,19H,2-3,5-6,9-12,14-18,23H2,1H3;2*1H. The molecule has 0 bridgehead atoms. The minimum atomic E-state index is 0. The van der Waals surface area contributed by atoms with Gasteiger partial charge in [-0.1, -0.05) is 25.3 Å². The Balaban J connectivity index is 0.00000210. The third kappa shape index (κ3) is 7.01. The average molecular weight is 445 g/mol. The lowest BCUT2D eigenvalue weighted by molar-refractivity contribution is -0.134. The van der Waals surface area contributed by atoms with Crippen LogP contribution < -0.4 is 10.6 Å². The summed E-state index contributed by atoms with van der Waals surface area (Å²) in [7, 11) is 0. The molecular formula is C22H38Cl2N4O. The van der Waals surface area contributed by atoms with Crippen molar-refractivity contribution in [2.75, 3.05) is 37.6 Å². The number of rotatable bonds is 7. The predicted octanol–water partition coefficient (Wildman–Crippen LogP) is 4.29. The number of aromatic nitrogens is 1. The zero-order chi connectivity index (χ0) is 19.1. The molecule has 1 saturated heterocycles. The molecule has 0 atom stereocenters. The molecule has 1 aromatic rings. The third-order valence-electron chi connectivity index (χ3n) is 6.67. The molecule has 3 rings (SSSR count). The van der Waals surface area contributed by atoms with Gasteiger partial charge in [0.1, 0.15) is 5.82 Å². The predicted molar refractivity (Wildman–Crippen MR) is 125 cm³/mol. The quantitative estimate of drug-likeness (QED) is 0.680. The van der Waals surface area contributed by atoms with E-state index in [2.05, 4.69) is 27.8 Å². The molecule has 1 aromatic heterocycles. The van der Waals surface area contributed by atoms with E-state index in [-0.39, 0.29) is 30.2 Å². The van der Waals surface area contributed by atoms with Crippen molar-refractivity contribution in [3.05, 3.63) is 24.4 Å². The van der Waals surface area contributed by atoms with Crippen molar-refractivity contribution in [2.24, 2.45) is 17.1 Å². The van der Waals surface area contributed by atoms with Gasteiger partial charge in [0.15, 0.2) is 0 Å². The number of nitrogens with two attached hydrogens (primary N) is 1. The highest BCUT2D eigenvalue weighted by Crippen LogP contribution is 2.39. The molecule has 2 fully saturated rings. The minimum absolute atomic E-state index is 0. The average Bonchev–Trinajstić information content (AvgIpc) is 2.73. The molecule has 0 spiro atoms. The van der Waals surface area contributed by atoms with Gasteiger partial charge in [-0.15, -0.1) is 24.8 Å². The lowest BCUT2D eigenvalue weighted by Gasteiger charge is -2.39. The summed E-state index contributed by atoms with van der Waals surface area (Å²) in [6, 6.07) is 6.09. The van der Waals surface area contributed by atoms with Gasteiger partial charge in [-0.3, -0.25) is 4.79 Å². The highest BCUT2D eigenvalue weighted by atomic mass is 35.5. The Kier molecular flexibility index (Phi) is 11.3. The van der Waals surface area contributed by atoms with E-state index < -0.39 is 0 Å². The number of hydrogen-bond acceptors (Lipinski definition) is 4. The van der Waals surface area contributed by atoms with E-state index in [9.17, 15) is 4.79 Å². The van der Waals surface area contributed by atoms with E-state index in [1.807, 2.05) is 18.3 Å². The molecular weight excluding hydrogens is 407 g/mol. The minimum Gasteiger partial charge on any atom is -0.357 e. The van der Waals surface area contributed by atoms with Crippen molar-refractivity contribution < 1.29 is 4.79 Å². The van der Waals surface area contributed by atoms with Crippen molar-refractivity contribution >= 4 is 36.5 Å². The number of carbonyl (C=O) groups excluding carboxylic acids is 1. The molecule has 29 heavy (non-hydrogen) atoms. The number of halogens is 2. The number of piperidine rings is 1. The van der Waals surface area contributed by atoms with Gasteiger partial charge in [0, 0.05) is 38.8 Å². The Labute approximate surface area is 188 Å². The maximum Gasteiger partial charge on any atom is 0.223 e. The van der Waals surface area contributed by atoms with Crippen LogP contribution in [0.3, 0.4) is 0 Å². The van der Waals surface area contributed by atoms with Gasteiger partial charge in [-0.25, -0.2) is 4.98 Å². The maximum absolute atomic E-state index is 13.0. The first kappa shape index (κ1) is 26.0. The topological polar surface area (TPSA) is 62.5 Å². The van der Waals surface area contributed by atoms with Gasteiger partial charge < -0.3 is 15.5 Å². The van der Waals surface area contributed by atoms with Crippen molar-refractivity contribution in [1.29, 1.82) is 0 Å². The molecule has 5 nitrogen and oxygen atoms in total. The number of carbonyl (C=O) groups is 1. The lowest BCUT2D eigenvalue weighted by atomic mass is 9.71. The summed E-state index contributed by atoms with van der Waals surface area (Å²) in [5.41, 5.74) is 6.16. The van der Waals surface area contributed by atoms with Crippen LogP contribution in [0.1, 0.15) is 58.3 Å². The van der Waals surface area contributed by atoms with Crippen LogP contribution in [0.2, 0.25) is 0 Å². The Hall–Kier alpha value is -1.04. The second kappa shape index (κ2) is 12.6. The molecule has 2 N–H and O–H groups in total. The van der Waals surface area contributed by atoms with Crippen LogP contribution in [0, 0.1) is 11.3 Å². The molecule has 1 saturated carbocycles. The first-order valence-electron chi connectivity index (χ1n) is 10.8. The summed E-state index contributed by atoms with van der Waals surface area (Å²) < 4.78 is 0. The van der Waals surface area contributed by atoms with Crippen molar-refractivity contribution in [3.63, 3.8) is 0 Å². The Morgan fingerprint density at radius 2 is 1.90 bits per heavy atom. The van der Waals surface area contributed by atoms with Crippen LogP contribution in [0.25, 0.3) is 0 Å². The van der Waals surface area contributed by atoms with Crippen LogP contribution >= 0.6 is 24.8 Å². The van der Waals surface area contributed by atoms with E-state index in [0.29, 0.717) is 24.8 Å². The number of amides is 1. The van der Waals surface area contributed by atoms with Gasteiger partial charge in [0.25, 0.3) is 0 Å². The van der Waals surface area contributed by atoms with Crippen molar-refractivity contribution in [1.82, 2.24) is 9.88 Å². The summed E-state index contributed by atoms with van der Waals surface area (Å²) in [5.74, 6) is 1.98. The molecule has 1 aliphatic carbocycles. The molecule has 0 radical (unpaired) electrons. The van der Waals surface area contributed by atoms with Gasteiger partial charge in [0.2, 0.25) is 5.91 Å². The molecule has 0 aromatic carbocycles.